The van der Waals surface area contributed by atoms with Gasteiger partial charge in [0, 0.05) is 25.8 Å². The number of hydrogen-bond acceptors (Lipinski definition) is 2. The molecule has 2 aromatic rings. The molecule has 0 atom stereocenters. The van der Waals surface area contributed by atoms with Crippen LogP contribution in [0.5, 0.6) is 5.75 Å². The van der Waals surface area contributed by atoms with Crippen molar-refractivity contribution in [3.8, 4) is 5.75 Å². The molecule has 0 saturated carbocycles. The summed E-state index contributed by atoms with van der Waals surface area (Å²) in [5.41, 5.74) is 1.98. The highest BCUT2D eigenvalue weighted by molar-refractivity contribution is 14.1. The van der Waals surface area contributed by atoms with Crippen LogP contribution in [0.25, 0.3) is 0 Å². The third kappa shape index (κ3) is 4.85. The van der Waals surface area contributed by atoms with Crippen LogP contribution < -0.4 is 10.1 Å². The van der Waals surface area contributed by atoms with Crippen molar-refractivity contribution in [1.29, 1.82) is 0 Å². The van der Waals surface area contributed by atoms with Crippen LogP contribution in [0.4, 0.5) is 10.1 Å². The Morgan fingerprint density at radius 2 is 2.05 bits per heavy atom. The van der Waals surface area contributed by atoms with E-state index in [1.54, 1.807) is 6.07 Å². The molecule has 0 spiro atoms. The third-order valence-corrected chi connectivity index (χ3v) is 4.27. The fourth-order valence-corrected chi connectivity index (χ4v) is 2.94. The average molecular weight is 464 g/mol. The molecule has 2 rings (SSSR count). The predicted octanol–water partition coefficient (Wildman–Crippen LogP) is 5.59. The second kappa shape index (κ2) is 7.98. The van der Waals surface area contributed by atoms with Gasteiger partial charge in [0.15, 0.2) is 0 Å². The van der Waals surface area contributed by atoms with Crippen molar-refractivity contribution in [1.82, 2.24) is 0 Å². The van der Waals surface area contributed by atoms with Crippen molar-refractivity contribution >= 4 is 44.2 Å². The predicted molar refractivity (Wildman–Crippen MR) is 96.4 cm³/mol. The Labute approximate surface area is 146 Å². The number of nitrogens with one attached hydrogen (secondary N) is 1. The smallest absolute Gasteiger partial charge is 0.124 e. The van der Waals surface area contributed by atoms with E-state index in [0.29, 0.717) is 13.2 Å². The average Bonchev–Trinajstić information content (AvgIpc) is 2.45. The molecular formula is C16H16BrFINO. The van der Waals surface area contributed by atoms with Gasteiger partial charge >= 0.3 is 0 Å². The Kier molecular flexibility index (Phi) is 6.29. The maximum atomic E-state index is 13.1. The van der Waals surface area contributed by atoms with Crippen molar-refractivity contribution in [2.45, 2.75) is 19.9 Å². The Hall–Kier alpha value is -0.820. The van der Waals surface area contributed by atoms with E-state index in [2.05, 4.69) is 50.8 Å². The molecule has 0 saturated heterocycles. The van der Waals surface area contributed by atoms with E-state index in [9.17, 15) is 4.39 Å². The van der Waals surface area contributed by atoms with Crippen molar-refractivity contribution in [3.63, 3.8) is 0 Å². The van der Waals surface area contributed by atoms with E-state index in [4.69, 9.17) is 4.74 Å². The van der Waals surface area contributed by atoms with Crippen LogP contribution in [-0.4, -0.2) is 6.61 Å². The molecule has 2 nitrogen and oxygen atoms in total. The fourth-order valence-electron chi connectivity index (χ4n) is 1.86. The molecule has 1 N–H and O–H groups in total. The first kappa shape index (κ1) is 16.5. The second-order valence-corrected chi connectivity index (χ2v) is 6.66. The summed E-state index contributed by atoms with van der Waals surface area (Å²) >= 11 is 5.60. The number of anilines is 1. The van der Waals surface area contributed by atoms with Crippen LogP contribution in [0.2, 0.25) is 0 Å². The zero-order chi connectivity index (χ0) is 15.2. The van der Waals surface area contributed by atoms with Crippen molar-refractivity contribution in [3.05, 3.63) is 55.8 Å². The van der Waals surface area contributed by atoms with E-state index in [1.807, 2.05) is 18.2 Å². The molecule has 0 unspecified atom stereocenters. The summed E-state index contributed by atoms with van der Waals surface area (Å²) in [4.78, 5) is 0. The maximum Gasteiger partial charge on any atom is 0.124 e. The lowest BCUT2D eigenvalue weighted by Gasteiger charge is -2.14. The largest absolute Gasteiger partial charge is 0.493 e. The highest BCUT2D eigenvalue weighted by atomic mass is 127. The van der Waals surface area contributed by atoms with Crippen LogP contribution in [0.3, 0.4) is 0 Å². The summed E-state index contributed by atoms with van der Waals surface area (Å²) in [5.74, 6) is 0.657. The van der Waals surface area contributed by atoms with E-state index in [-0.39, 0.29) is 5.82 Å². The topological polar surface area (TPSA) is 21.3 Å². The van der Waals surface area contributed by atoms with Crippen molar-refractivity contribution < 1.29 is 9.13 Å². The minimum absolute atomic E-state index is 0.223. The third-order valence-electron chi connectivity index (χ3n) is 2.88. The van der Waals surface area contributed by atoms with E-state index < -0.39 is 0 Å². The van der Waals surface area contributed by atoms with Gasteiger partial charge in [-0.1, -0.05) is 22.9 Å². The van der Waals surface area contributed by atoms with Gasteiger partial charge in [0.2, 0.25) is 0 Å². The molecule has 0 bridgehead atoms. The Morgan fingerprint density at radius 3 is 2.76 bits per heavy atom. The van der Waals surface area contributed by atoms with E-state index in [1.165, 1.54) is 12.1 Å². The quantitative estimate of drug-likeness (QED) is 0.563. The van der Waals surface area contributed by atoms with Gasteiger partial charge in [-0.05, 0) is 65.4 Å². The minimum atomic E-state index is -0.223. The van der Waals surface area contributed by atoms with E-state index >= 15 is 0 Å². The van der Waals surface area contributed by atoms with Gasteiger partial charge in [-0.15, -0.1) is 0 Å². The van der Waals surface area contributed by atoms with Gasteiger partial charge in [0.05, 0.1) is 6.61 Å². The number of ether oxygens (including phenoxy) is 1. The van der Waals surface area contributed by atoms with E-state index in [0.717, 1.165) is 31.5 Å². The lowest BCUT2D eigenvalue weighted by Crippen LogP contribution is -2.05. The molecule has 21 heavy (non-hydrogen) atoms. The Morgan fingerprint density at radius 1 is 1.24 bits per heavy atom. The standard InChI is InChI=1S/C16H16BrFINO/c1-2-7-21-16-6-3-12(17)8-11(16)10-20-15-5-4-13(18)9-14(15)19/h3-6,8-9,20H,2,7,10H2,1H3. The molecule has 0 heterocycles. The highest BCUT2D eigenvalue weighted by Gasteiger charge is 2.06. The molecule has 112 valence electrons. The first-order chi connectivity index (χ1) is 10.1. The zero-order valence-corrected chi connectivity index (χ0v) is 15.4. The van der Waals surface area contributed by atoms with Crippen LogP contribution in [0, 0.1) is 9.39 Å². The van der Waals surface area contributed by atoms with Crippen LogP contribution >= 0.6 is 38.5 Å². The van der Waals surface area contributed by atoms with Crippen molar-refractivity contribution in [2.24, 2.45) is 0 Å². The van der Waals surface area contributed by atoms with Crippen LogP contribution in [-0.2, 0) is 6.54 Å². The first-order valence-corrected chi connectivity index (χ1v) is 8.57. The summed E-state index contributed by atoms with van der Waals surface area (Å²) in [6.07, 6.45) is 0.971. The van der Waals surface area contributed by atoms with Crippen molar-refractivity contribution in [2.75, 3.05) is 11.9 Å². The maximum absolute atomic E-state index is 13.1. The zero-order valence-electron chi connectivity index (χ0n) is 11.6. The molecule has 5 heteroatoms. The molecule has 0 fully saturated rings. The van der Waals surface area contributed by atoms with Crippen LogP contribution in [0.15, 0.2) is 40.9 Å². The molecule has 0 aliphatic rings. The number of rotatable bonds is 6. The summed E-state index contributed by atoms with van der Waals surface area (Å²) in [5, 5.41) is 3.33. The highest BCUT2D eigenvalue weighted by Crippen LogP contribution is 2.26. The van der Waals surface area contributed by atoms with Gasteiger partial charge in [-0.25, -0.2) is 4.39 Å². The number of hydrogen-bond donors (Lipinski definition) is 1. The molecule has 0 aliphatic carbocycles. The van der Waals surface area contributed by atoms with Gasteiger partial charge < -0.3 is 10.1 Å². The molecule has 0 aliphatic heterocycles. The first-order valence-electron chi connectivity index (χ1n) is 6.70. The minimum Gasteiger partial charge on any atom is -0.493 e. The molecule has 0 amide bonds. The fraction of sp³-hybridized carbons (Fsp3) is 0.250. The lowest BCUT2D eigenvalue weighted by atomic mass is 10.2. The number of benzene rings is 2. The molecule has 0 aromatic heterocycles. The Bertz CT molecular complexity index is 621. The normalized spacial score (nSPS) is 10.5. The number of halogens is 3. The summed E-state index contributed by atoms with van der Waals surface area (Å²) in [7, 11) is 0. The SMILES string of the molecule is CCCOc1ccc(Br)cc1CNc1ccc(F)cc1I. The van der Waals surface area contributed by atoms with Gasteiger partial charge in [0.25, 0.3) is 0 Å². The van der Waals surface area contributed by atoms with Gasteiger partial charge in [0.1, 0.15) is 11.6 Å². The molecule has 0 radical (unpaired) electrons. The second-order valence-electron chi connectivity index (χ2n) is 4.58. The van der Waals surface area contributed by atoms with Crippen LogP contribution in [0.1, 0.15) is 18.9 Å². The Balaban J connectivity index is 2.12. The molecular weight excluding hydrogens is 448 g/mol. The van der Waals surface area contributed by atoms with Gasteiger partial charge in [-0.3, -0.25) is 0 Å². The van der Waals surface area contributed by atoms with Gasteiger partial charge in [-0.2, -0.15) is 0 Å². The summed E-state index contributed by atoms with van der Waals surface area (Å²) in [6, 6.07) is 10.7. The lowest BCUT2D eigenvalue weighted by molar-refractivity contribution is 0.314. The molecule has 2 aromatic carbocycles. The summed E-state index contributed by atoms with van der Waals surface area (Å²) in [6.45, 7) is 3.40. The monoisotopic (exact) mass is 463 g/mol. The summed E-state index contributed by atoms with van der Waals surface area (Å²) < 4.78 is 20.7.